The van der Waals surface area contributed by atoms with Gasteiger partial charge in [-0.05, 0) is 61.6 Å². The fourth-order valence-electron chi connectivity index (χ4n) is 4.59. The molecule has 4 rings (SSSR count). The Bertz CT molecular complexity index is 911. The van der Waals surface area contributed by atoms with Crippen LogP contribution in [-0.2, 0) is 17.7 Å². The summed E-state index contributed by atoms with van der Waals surface area (Å²) < 4.78 is 12.1. The molecule has 2 heterocycles. The van der Waals surface area contributed by atoms with Gasteiger partial charge in [-0.25, -0.2) is 4.79 Å². The highest BCUT2D eigenvalue weighted by Gasteiger charge is 2.32. The van der Waals surface area contributed by atoms with Crippen LogP contribution in [0.3, 0.4) is 0 Å². The molecule has 2 aromatic carbocycles. The molecule has 2 fully saturated rings. The molecular formula is C25H32BrN3O3. The van der Waals surface area contributed by atoms with Crippen LogP contribution < -0.4 is 10.1 Å². The van der Waals surface area contributed by atoms with Crippen LogP contribution in [0.2, 0.25) is 0 Å². The number of benzene rings is 2. The van der Waals surface area contributed by atoms with Gasteiger partial charge in [0, 0.05) is 37.8 Å². The topological polar surface area (TPSA) is 54.0 Å². The van der Waals surface area contributed by atoms with E-state index in [1.54, 1.807) is 7.11 Å². The molecule has 172 valence electrons. The lowest BCUT2D eigenvalue weighted by Gasteiger charge is -2.21. The summed E-state index contributed by atoms with van der Waals surface area (Å²) in [5, 5.41) is 3.17. The maximum atomic E-state index is 12.4. The molecule has 3 unspecified atom stereocenters. The Kier molecular flexibility index (Phi) is 7.71. The first-order chi connectivity index (χ1) is 15.5. The number of methoxy groups -OCH3 is 1. The van der Waals surface area contributed by atoms with Crippen LogP contribution in [0.1, 0.15) is 24.5 Å². The van der Waals surface area contributed by atoms with Crippen molar-refractivity contribution in [3.63, 3.8) is 0 Å². The molecule has 2 aromatic rings. The first-order valence-corrected chi connectivity index (χ1v) is 12.1. The zero-order valence-electron chi connectivity index (χ0n) is 18.8. The van der Waals surface area contributed by atoms with Gasteiger partial charge in [-0.15, -0.1) is 0 Å². The van der Waals surface area contributed by atoms with Crippen molar-refractivity contribution in [2.24, 2.45) is 5.92 Å². The average Bonchev–Trinajstić information content (AvgIpc) is 3.37. The number of carbonyl (C=O) groups is 1. The van der Waals surface area contributed by atoms with Crippen LogP contribution in [0, 0.1) is 5.92 Å². The van der Waals surface area contributed by atoms with Crippen molar-refractivity contribution in [1.82, 2.24) is 15.1 Å². The Morgan fingerprint density at radius 2 is 2.00 bits per heavy atom. The van der Waals surface area contributed by atoms with Crippen molar-refractivity contribution in [1.29, 1.82) is 0 Å². The Hall–Kier alpha value is -2.09. The molecular weight excluding hydrogens is 470 g/mol. The third-order valence-corrected chi connectivity index (χ3v) is 7.05. The smallest absolute Gasteiger partial charge is 0.318 e. The standard InChI is InChI=1S/C25H32BrN3O3/c1-18(31-2)32-23-8-9-24(26)21(13-23)12-20-10-11-28(14-20)16-22-17-29(25(30)27-22)15-19-6-4-3-5-7-19/h3-9,13,18,20,22H,10-12,14-17H2,1-2H3,(H,27,30). The van der Waals surface area contributed by atoms with E-state index in [0.29, 0.717) is 12.5 Å². The van der Waals surface area contributed by atoms with Crippen LogP contribution in [0.4, 0.5) is 4.79 Å². The number of rotatable bonds is 9. The van der Waals surface area contributed by atoms with Gasteiger partial charge < -0.3 is 24.6 Å². The number of likely N-dealkylation sites (tertiary alicyclic amines) is 1. The minimum atomic E-state index is -0.269. The number of nitrogens with one attached hydrogen (secondary N) is 1. The van der Waals surface area contributed by atoms with Gasteiger partial charge >= 0.3 is 6.03 Å². The minimum absolute atomic E-state index is 0.0423. The van der Waals surface area contributed by atoms with Gasteiger partial charge in [0.05, 0.1) is 6.04 Å². The third-order valence-electron chi connectivity index (χ3n) is 6.28. The molecule has 0 radical (unpaired) electrons. The number of hydrogen-bond donors (Lipinski definition) is 1. The Morgan fingerprint density at radius 1 is 1.19 bits per heavy atom. The van der Waals surface area contributed by atoms with Gasteiger partial charge in [0.15, 0.2) is 6.29 Å². The van der Waals surface area contributed by atoms with E-state index in [4.69, 9.17) is 9.47 Å². The van der Waals surface area contributed by atoms with E-state index in [1.807, 2.05) is 36.1 Å². The molecule has 3 atom stereocenters. The summed E-state index contributed by atoms with van der Waals surface area (Å²) in [7, 11) is 1.64. The largest absolute Gasteiger partial charge is 0.465 e. The number of ether oxygens (including phenoxy) is 2. The van der Waals surface area contributed by atoms with Crippen LogP contribution in [0.5, 0.6) is 5.75 Å². The lowest BCUT2D eigenvalue weighted by Crippen LogP contribution is -2.38. The summed E-state index contributed by atoms with van der Waals surface area (Å²) in [4.78, 5) is 16.8. The van der Waals surface area contributed by atoms with Crippen molar-refractivity contribution in [2.45, 2.75) is 38.6 Å². The number of halogens is 1. The first kappa shape index (κ1) is 23.1. The molecule has 2 saturated heterocycles. The summed E-state index contributed by atoms with van der Waals surface area (Å²) >= 11 is 3.69. The van der Waals surface area contributed by atoms with E-state index in [0.717, 1.165) is 42.8 Å². The highest BCUT2D eigenvalue weighted by atomic mass is 79.9. The molecule has 7 heteroatoms. The molecule has 2 amide bonds. The van der Waals surface area contributed by atoms with Crippen LogP contribution >= 0.6 is 15.9 Å². The number of amides is 2. The van der Waals surface area contributed by atoms with E-state index in [2.05, 4.69) is 50.4 Å². The number of carbonyl (C=O) groups excluding carboxylic acids is 1. The van der Waals surface area contributed by atoms with Crippen LogP contribution in [-0.4, -0.2) is 61.5 Å². The molecule has 0 saturated carbocycles. The molecule has 0 spiro atoms. The number of urea groups is 1. The first-order valence-electron chi connectivity index (χ1n) is 11.3. The second-order valence-corrected chi connectivity index (χ2v) is 9.66. The molecule has 2 aliphatic rings. The summed E-state index contributed by atoms with van der Waals surface area (Å²) in [6.45, 7) is 6.35. The van der Waals surface area contributed by atoms with E-state index in [1.165, 1.54) is 17.5 Å². The summed E-state index contributed by atoms with van der Waals surface area (Å²) in [6, 6.07) is 16.5. The van der Waals surface area contributed by atoms with E-state index >= 15 is 0 Å². The molecule has 0 bridgehead atoms. The minimum Gasteiger partial charge on any atom is -0.465 e. The van der Waals surface area contributed by atoms with Crippen molar-refractivity contribution in [3.05, 3.63) is 64.1 Å². The van der Waals surface area contributed by atoms with Crippen LogP contribution in [0.25, 0.3) is 0 Å². The lowest BCUT2D eigenvalue weighted by atomic mass is 9.98. The maximum Gasteiger partial charge on any atom is 0.318 e. The Labute approximate surface area is 199 Å². The van der Waals surface area contributed by atoms with Crippen LogP contribution in [0.15, 0.2) is 53.0 Å². The second-order valence-electron chi connectivity index (χ2n) is 8.81. The van der Waals surface area contributed by atoms with Crippen molar-refractivity contribution in [3.8, 4) is 5.75 Å². The van der Waals surface area contributed by atoms with E-state index in [9.17, 15) is 4.79 Å². The number of nitrogens with zero attached hydrogens (tertiary/aromatic N) is 2. The summed E-state index contributed by atoms with van der Waals surface area (Å²) in [6.07, 6.45) is 1.90. The molecule has 0 aliphatic carbocycles. The Balaban J connectivity index is 1.27. The molecule has 2 aliphatic heterocycles. The maximum absolute atomic E-state index is 12.4. The number of hydrogen-bond acceptors (Lipinski definition) is 4. The van der Waals surface area contributed by atoms with Gasteiger partial charge in [0.25, 0.3) is 0 Å². The average molecular weight is 502 g/mol. The molecule has 6 nitrogen and oxygen atoms in total. The van der Waals surface area contributed by atoms with Gasteiger partial charge in [-0.3, -0.25) is 0 Å². The Morgan fingerprint density at radius 3 is 2.78 bits per heavy atom. The molecule has 0 aromatic heterocycles. The van der Waals surface area contributed by atoms with Crippen molar-refractivity contribution < 1.29 is 14.3 Å². The fraction of sp³-hybridized carbons (Fsp3) is 0.480. The third kappa shape index (κ3) is 6.03. The lowest BCUT2D eigenvalue weighted by molar-refractivity contribution is -0.0383. The molecule has 32 heavy (non-hydrogen) atoms. The van der Waals surface area contributed by atoms with Gasteiger partial charge in [-0.1, -0.05) is 46.3 Å². The molecule has 1 N–H and O–H groups in total. The van der Waals surface area contributed by atoms with E-state index in [-0.39, 0.29) is 18.4 Å². The van der Waals surface area contributed by atoms with Crippen molar-refractivity contribution in [2.75, 3.05) is 33.3 Å². The predicted molar refractivity (Wildman–Crippen MR) is 129 cm³/mol. The van der Waals surface area contributed by atoms with Gasteiger partial charge in [-0.2, -0.15) is 0 Å². The highest BCUT2D eigenvalue weighted by Crippen LogP contribution is 2.29. The summed E-state index contributed by atoms with van der Waals surface area (Å²) in [5.41, 5.74) is 2.43. The zero-order chi connectivity index (χ0) is 22.5. The summed E-state index contributed by atoms with van der Waals surface area (Å²) in [5.74, 6) is 1.43. The van der Waals surface area contributed by atoms with Gasteiger partial charge in [0.1, 0.15) is 5.75 Å². The monoisotopic (exact) mass is 501 g/mol. The van der Waals surface area contributed by atoms with Crippen molar-refractivity contribution >= 4 is 22.0 Å². The fourth-order valence-corrected chi connectivity index (χ4v) is 5.00. The quantitative estimate of drug-likeness (QED) is 0.521. The van der Waals surface area contributed by atoms with Gasteiger partial charge in [0.2, 0.25) is 0 Å². The SMILES string of the molecule is COC(C)Oc1ccc(Br)c(CC2CCN(CC3CN(Cc4ccccc4)C(=O)N3)C2)c1. The zero-order valence-corrected chi connectivity index (χ0v) is 20.4. The van der Waals surface area contributed by atoms with E-state index < -0.39 is 0 Å². The predicted octanol–water partition coefficient (Wildman–Crippen LogP) is 4.28. The highest BCUT2D eigenvalue weighted by molar-refractivity contribution is 9.10. The normalized spacial score (nSPS) is 22.2. The second kappa shape index (κ2) is 10.7.